The highest BCUT2D eigenvalue weighted by molar-refractivity contribution is 5.97. The number of fused-ring (bicyclic) bond motifs is 2. The quantitative estimate of drug-likeness (QED) is 0.186. The molecule has 212 valence electrons. The van der Waals surface area contributed by atoms with Gasteiger partial charge in [-0.15, -0.1) is 0 Å². The van der Waals surface area contributed by atoms with Crippen molar-refractivity contribution in [3.05, 3.63) is 188 Å². The molecule has 8 aromatic carbocycles. The second kappa shape index (κ2) is 11.6. The van der Waals surface area contributed by atoms with Crippen LogP contribution in [0.5, 0.6) is 0 Å². The van der Waals surface area contributed by atoms with Gasteiger partial charge in [-0.05, 0) is 97.2 Å². The number of hydrogen-bond donors (Lipinski definition) is 0. The van der Waals surface area contributed by atoms with E-state index in [2.05, 4.69) is 0 Å². The molecule has 0 aliphatic heterocycles. The minimum atomic E-state index is -0.963. The zero-order chi connectivity index (χ0) is 44.8. The van der Waals surface area contributed by atoms with E-state index < -0.39 is 131 Å². The van der Waals surface area contributed by atoms with Gasteiger partial charge in [0.15, 0.2) is 0 Å². The zero-order valence-corrected chi connectivity index (χ0v) is 23.5. The molecule has 0 aliphatic rings. The molecule has 0 aliphatic carbocycles. The summed E-state index contributed by atoms with van der Waals surface area (Å²) in [7, 11) is 0. The highest BCUT2D eigenvalue weighted by Crippen LogP contribution is 2.39. The van der Waals surface area contributed by atoms with Gasteiger partial charge in [0.25, 0.3) is 0 Å². The average Bonchev–Trinajstić information content (AvgIpc) is 3.26. The fraction of sp³-hybridized carbons (Fsp3) is 0. The second-order valence-corrected chi connectivity index (χ2v) is 10.1. The molecule has 0 spiro atoms. The molecular weight excluding hydrogens is 542 g/mol. The molecule has 0 N–H and O–H groups in total. The molecule has 0 atom stereocenters. The van der Waals surface area contributed by atoms with Crippen LogP contribution in [-0.2, 0) is 0 Å². The molecule has 0 radical (unpaired) electrons. The maximum absolute atomic E-state index is 9.66. The lowest BCUT2D eigenvalue weighted by atomic mass is 9.98. The molecular formula is C44H31N. The van der Waals surface area contributed by atoms with Gasteiger partial charge in [-0.25, -0.2) is 0 Å². The van der Waals surface area contributed by atoms with Gasteiger partial charge in [-0.1, -0.05) is 145 Å². The van der Waals surface area contributed by atoms with Crippen molar-refractivity contribution in [3.8, 4) is 33.4 Å². The summed E-state index contributed by atoms with van der Waals surface area (Å²) in [6, 6.07) is 11.3. The Balaban J connectivity index is 1.51. The van der Waals surface area contributed by atoms with E-state index in [0.29, 0.717) is 21.2 Å². The Kier molecular flexibility index (Phi) is 3.68. The molecule has 8 rings (SSSR count). The third-order valence-electron chi connectivity index (χ3n) is 7.35. The standard InChI is InChI=1S/C44H31N/c1-2-10-32(11-3-1)34-22-26-40(27-23-34)45(41-28-24-36(25-29-41)44-19-9-15-35-13-6-7-18-43(35)44)42-17-8-16-38(31-42)39-21-20-33-12-4-5-14-37(33)30-39/h1-31H/i1D,2D,3D,8D,10D,11D,16D,17D,22D,23D,24D,25D,26D,27D,28D,29D,31D. The Morgan fingerprint density at radius 2 is 1.00 bits per heavy atom. The van der Waals surface area contributed by atoms with Crippen LogP contribution in [0.15, 0.2) is 188 Å². The molecule has 0 unspecified atom stereocenters. The van der Waals surface area contributed by atoms with E-state index >= 15 is 0 Å². The Hall–Kier alpha value is -5.92. The van der Waals surface area contributed by atoms with E-state index in [-0.39, 0.29) is 16.7 Å². The maximum Gasteiger partial charge on any atom is 0.0651 e. The first-order chi connectivity index (χ1) is 29.4. The van der Waals surface area contributed by atoms with Crippen molar-refractivity contribution in [1.29, 1.82) is 0 Å². The van der Waals surface area contributed by atoms with Crippen LogP contribution in [0.25, 0.3) is 54.9 Å². The first kappa shape index (κ1) is 14.2. The number of rotatable bonds is 6. The predicted octanol–water partition coefficient (Wildman–Crippen LogP) is 12.5. The molecule has 0 bridgehead atoms. The van der Waals surface area contributed by atoms with Crippen molar-refractivity contribution in [3.63, 3.8) is 0 Å². The fourth-order valence-electron chi connectivity index (χ4n) is 5.18. The smallest absolute Gasteiger partial charge is 0.0651 e. The predicted molar refractivity (Wildman–Crippen MR) is 192 cm³/mol. The van der Waals surface area contributed by atoms with Crippen molar-refractivity contribution in [2.75, 3.05) is 4.90 Å². The number of hydrogen-bond acceptors (Lipinski definition) is 1. The Morgan fingerprint density at radius 3 is 1.78 bits per heavy atom. The van der Waals surface area contributed by atoms with Gasteiger partial charge in [-0.3, -0.25) is 0 Å². The average molecular weight is 591 g/mol. The summed E-state index contributed by atoms with van der Waals surface area (Å²) in [6.07, 6.45) is 0. The van der Waals surface area contributed by atoms with Crippen LogP contribution < -0.4 is 4.90 Å². The lowest BCUT2D eigenvalue weighted by Crippen LogP contribution is -2.10. The van der Waals surface area contributed by atoms with Gasteiger partial charge in [0.1, 0.15) is 0 Å². The Labute approximate surface area is 288 Å². The minimum absolute atomic E-state index is 0.117. The molecule has 0 heterocycles. The van der Waals surface area contributed by atoms with Gasteiger partial charge in [-0.2, -0.15) is 0 Å². The summed E-state index contributed by atoms with van der Waals surface area (Å²) in [5.74, 6) is 0. The Bertz CT molecular complexity index is 3140. The highest BCUT2D eigenvalue weighted by atomic mass is 15.1. The van der Waals surface area contributed by atoms with Crippen LogP contribution in [-0.4, -0.2) is 0 Å². The van der Waals surface area contributed by atoms with Crippen molar-refractivity contribution < 1.29 is 23.3 Å². The van der Waals surface area contributed by atoms with Gasteiger partial charge < -0.3 is 4.90 Å². The molecule has 0 aromatic heterocycles. The summed E-state index contributed by atoms with van der Waals surface area (Å²) >= 11 is 0. The summed E-state index contributed by atoms with van der Waals surface area (Å²) in [5, 5.41) is 2.87. The largest absolute Gasteiger partial charge is 0.310 e. The first-order valence-corrected chi connectivity index (χ1v) is 14.1. The second-order valence-electron chi connectivity index (χ2n) is 10.1. The van der Waals surface area contributed by atoms with Crippen LogP contribution >= 0.6 is 0 Å². The fourth-order valence-corrected chi connectivity index (χ4v) is 5.18. The van der Waals surface area contributed by atoms with Gasteiger partial charge in [0, 0.05) is 17.1 Å². The monoisotopic (exact) mass is 590 g/mol. The third kappa shape index (κ3) is 5.26. The van der Waals surface area contributed by atoms with Gasteiger partial charge in [0.05, 0.1) is 23.3 Å². The highest BCUT2D eigenvalue weighted by Gasteiger charge is 2.15. The molecule has 0 saturated carbocycles. The minimum Gasteiger partial charge on any atom is -0.310 e. The van der Waals surface area contributed by atoms with Crippen molar-refractivity contribution in [2.45, 2.75) is 0 Å². The van der Waals surface area contributed by atoms with Gasteiger partial charge in [0.2, 0.25) is 0 Å². The molecule has 1 nitrogen and oxygen atoms in total. The molecule has 0 amide bonds. The summed E-state index contributed by atoms with van der Waals surface area (Å²) < 4.78 is 153. The maximum atomic E-state index is 9.66. The van der Waals surface area contributed by atoms with E-state index in [1.807, 2.05) is 24.3 Å². The first-order valence-electron chi connectivity index (χ1n) is 22.6. The van der Waals surface area contributed by atoms with Crippen LogP contribution in [0.1, 0.15) is 23.3 Å². The van der Waals surface area contributed by atoms with Gasteiger partial charge >= 0.3 is 0 Å². The van der Waals surface area contributed by atoms with E-state index in [9.17, 15) is 13.7 Å². The number of benzene rings is 8. The normalized spacial score (nSPS) is 16.4. The Morgan fingerprint density at radius 1 is 0.378 bits per heavy atom. The lowest BCUT2D eigenvalue weighted by Gasteiger charge is -2.26. The topological polar surface area (TPSA) is 3.24 Å². The SMILES string of the molecule is [2H]c1c([2H])c([2H])c(-c2c([2H])c([2H])c(N(c3c([2H])c([2H])c(-c4cccc5ccccc45)c([2H])c3[2H])c3c([2H])c([2H])c([2H])c(-c4ccc5ccccc5c4)c3[2H])c([2H])c2[2H])c([2H])c1[2H]. The summed E-state index contributed by atoms with van der Waals surface area (Å²) in [5.41, 5.74) is -3.18. The van der Waals surface area contributed by atoms with E-state index in [4.69, 9.17) is 9.60 Å². The van der Waals surface area contributed by atoms with Crippen molar-refractivity contribution in [1.82, 2.24) is 0 Å². The molecule has 45 heavy (non-hydrogen) atoms. The third-order valence-corrected chi connectivity index (χ3v) is 7.35. The van der Waals surface area contributed by atoms with E-state index in [1.165, 1.54) is 0 Å². The summed E-state index contributed by atoms with van der Waals surface area (Å²) in [4.78, 5) is 0.715. The molecule has 0 saturated heterocycles. The summed E-state index contributed by atoms with van der Waals surface area (Å²) in [6.45, 7) is 0. The van der Waals surface area contributed by atoms with Crippen LogP contribution in [0.2, 0.25) is 0 Å². The molecule has 8 aromatic rings. The molecule has 1 heteroatoms. The zero-order valence-electron chi connectivity index (χ0n) is 40.5. The van der Waals surface area contributed by atoms with Crippen LogP contribution in [0.3, 0.4) is 0 Å². The van der Waals surface area contributed by atoms with Crippen LogP contribution in [0.4, 0.5) is 17.1 Å². The van der Waals surface area contributed by atoms with Crippen molar-refractivity contribution >= 4 is 38.6 Å². The number of anilines is 3. The van der Waals surface area contributed by atoms with Crippen LogP contribution in [0, 0.1) is 0 Å². The number of nitrogens with zero attached hydrogens (tertiary/aromatic N) is 1. The van der Waals surface area contributed by atoms with Crippen molar-refractivity contribution in [2.24, 2.45) is 0 Å². The van der Waals surface area contributed by atoms with E-state index in [0.717, 1.165) is 10.8 Å². The lowest BCUT2D eigenvalue weighted by molar-refractivity contribution is 1.28. The van der Waals surface area contributed by atoms with E-state index in [1.54, 1.807) is 60.7 Å². The molecule has 0 fully saturated rings.